The number of hydrogen-bond acceptors (Lipinski definition) is 2. The van der Waals surface area contributed by atoms with Crippen LogP contribution in [0.2, 0.25) is 0 Å². The van der Waals surface area contributed by atoms with Gasteiger partial charge in [-0.2, -0.15) is 0 Å². The zero-order valence-electron chi connectivity index (χ0n) is 9.90. The van der Waals surface area contributed by atoms with E-state index in [9.17, 15) is 9.59 Å². The van der Waals surface area contributed by atoms with Crippen LogP contribution in [0, 0.1) is 35.0 Å². The Hall–Kier alpha value is -0.920. The van der Waals surface area contributed by atoms with Crippen molar-refractivity contribution in [1.82, 2.24) is 0 Å². The highest BCUT2D eigenvalue weighted by molar-refractivity contribution is 5.97. The number of ketones is 2. The molecule has 16 heavy (non-hydrogen) atoms. The minimum atomic E-state index is -0.352. The van der Waals surface area contributed by atoms with Gasteiger partial charge >= 0.3 is 0 Å². The van der Waals surface area contributed by atoms with Crippen molar-refractivity contribution in [3.8, 4) is 0 Å². The molecule has 3 unspecified atom stereocenters. The maximum atomic E-state index is 12.3. The number of hydrogen-bond donors (Lipinski definition) is 0. The van der Waals surface area contributed by atoms with Gasteiger partial charge in [-0.25, -0.2) is 0 Å². The van der Waals surface area contributed by atoms with Crippen LogP contribution in [0.15, 0.2) is 12.7 Å². The molecule has 6 atom stereocenters. The smallest absolute Gasteiger partial charge is 0.143 e. The molecule has 0 radical (unpaired) electrons. The molecule has 0 bridgehead atoms. The average molecular weight is 218 g/mol. The molecule has 0 saturated heterocycles. The molecule has 0 spiro atoms. The van der Waals surface area contributed by atoms with Crippen LogP contribution in [-0.4, -0.2) is 11.6 Å². The monoisotopic (exact) mass is 218 g/mol. The SMILES string of the molecule is C=CC1C[C@@H]2[C@H]3C(C(=O)[C@@]2(C)CC(C)=O)C13. The van der Waals surface area contributed by atoms with E-state index < -0.39 is 0 Å². The fourth-order valence-corrected chi connectivity index (χ4v) is 4.62. The molecule has 2 heteroatoms. The third-order valence-electron chi connectivity index (χ3n) is 5.22. The molecule has 0 N–H and O–H groups in total. The number of rotatable bonds is 3. The number of Topliss-reactive ketones (excluding diaryl/α,β-unsaturated/α-hetero) is 2. The first-order valence-corrected chi connectivity index (χ1v) is 6.17. The van der Waals surface area contributed by atoms with Gasteiger partial charge in [-0.05, 0) is 37.0 Å². The van der Waals surface area contributed by atoms with Gasteiger partial charge in [-0.15, -0.1) is 6.58 Å². The Kier molecular flexibility index (Phi) is 1.82. The fraction of sp³-hybridized carbons (Fsp3) is 0.714. The van der Waals surface area contributed by atoms with Crippen molar-refractivity contribution in [3.05, 3.63) is 12.7 Å². The van der Waals surface area contributed by atoms with Crippen LogP contribution >= 0.6 is 0 Å². The van der Waals surface area contributed by atoms with Gasteiger partial charge in [-0.3, -0.25) is 9.59 Å². The Morgan fingerprint density at radius 2 is 2.25 bits per heavy atom. The molecule has 0 aromatic heterocycles. The van der Waals surface area contributed by atoms with Crippen LogP contribution in [0.25, 0.3) is 0 Å². The van der Waals surface area contributed by atoms with Crippen LogP contribution in [0.3, 0.4) is 0 Å². The average Bonchev–Trinajstić information content (AvgIpc) is 2.75. The summed E-state index contributed by atoms with van der Waals surface area (Å²) < 4.78 is 0. The van der Waals surface area contributed by atoms with Gasteiger partial charge in [0.2, 0.25) is 0 Å². The number of fused-ring (bicyclic) bond motifs is 1. The van der Waals surface area contributed by atoms with Crippen molar-refractivity contribution in [1.29, 1.82) is 0 Å². The highest BCUT2D eigenvalue weighted by atomic mass is 16.1. The van der Waals surface area contributed by atoms with Crippen molar-refractivity contribution in [2.75, 3.05) is 0 Å². The van der Waals surface area contributed by atoms with Gasteiger partial charge in [0.15, 0.2) is 0 Å². The van der Waals surface area contributed by atoms with Crippen molar-refractivity contribution < 1.29 is 9.59 Å². The van der Waals surface area contributed by atoms with Crippen LogP contribution in [0.4, 0.5) is 0 Å². The van der Waals surface area contributed by atoms with Gasteiger partial charge in [-0.1, -0.05) is 13.0 Å². The number of carbonyl (C=O) groups excluding carboxylic acids is 2. The zero-order valence-corrected chi connectivity index (χ0v) is 9.90. The predicted molar refractivity (Wildman–Crippen MR) is 60.7 cm³/mol. The molecule has 0 heterocycles. The molecule has 3 aliphatic rings. The third kappa shape index (κ3) is 0.982. The molecule has 3 saturated carbocycles. The van der Waals surface area contributed by atoms with E-state index in [-0.39, 0.29) is 17.1 Å². The van der Waals surface area contributed by atoms with Crippen LogP contribution in [0.5, 0.6) is 0 Å². The Morgan fingerprint density at radius 3 is 2.75 bits per heavy atom. The van der Waals surface area contributed by atoms with Crippen LogP contribution in [0.1, 0.15) is 26.7 Å². The highest BCUT2D eigenvalue weighted by Gasteiger charge is 2.76. The molecule has 0 aliphatic heterocycles. The summed E-state index contributed by atoms with van der Waals surface area (Å²) in [5, 5.41) is 0. The summed E-state index contributed by atoms with van der Waals surface area (Å²) in [5.41, 5.74) is -0.352. The first kappa shape index (κ1) is 10.2. The van der Waals surface area contributed by atoms with E-state index in [1.165, 1.54) is 0 Å². The van der Waals surface area contributed by atoms with Crippen molar-refractivity contribution in [2.24, 2.45) is 35.0 Å². The lowest BCUT2D eigenvalue weighted by Gasteiger charge is -2.29. The summed E-state index contributed by atoms with van der Waals surface area (Å²) >= 11 is 0. The predicted octanol–water partition coefficient (Wildman–Crippen LogP) is 2.24. The Labute approximate surface area is 96.1 Å². The normalized spacial score (nSPS) is 52.6. The lowest BCUT2D eigenvalue weighted by atomic mass is 9.73. The van der Waals surface area contributed by atoms with E-state index in [1.807, 2.05) is 13.0 Å². The van der Waals surface area contributed by atoms with E-state index in [2.05, 4.69) is 6.58 Å². The second-order valence-electron chi connectivity index (χ2n) is 6.08. The van der Waals surface area contributed by atoms with E-state index in [0.29, 0.717) is 35.9 Å². The largest absolute Gasteiger partial charge is 0.300 e. The lowest BCUT2D eigenvalue weighted by Crippen LogP contribution is -2.33. The number of allylic oxidation sites excluding steroid dienone is 1. The van der Waals surface area contributed by atoms with Crippen LogP contribution < -0.4 is 0 Å². The molecular weight excluding hydrogens is 200 g/mol. The first-order chi connectivity index (χ1) is 7.50. The maximum absolute atomic E-state index is 12.3. The van der Waals surface area contributed by atoms with E-state index >= 15 is 0 Å². The van der Waals surface area contributed by atoms with Crippen molar-refractivity contribution in [2.45, 2.75) is 26.7 Å². The topological polar surface area (TPSA) is 34.1 Å². The molecular formula is C14H18O2. The summed E-state index contributed by atoms with van der Waals surface area (Å²) in [6.45, 7) is 7.48. The Bertz CT molecular complexity index is 398. The molecule has 3 fully saturated rings. The standard InChI is InChI=1S/C14H18O2/c1-4-8-5-9-11-10(8)12(11)13(16)14(9,3)6-7(2)15/h4,8-12H,1,5-6H2,2-3H3/t8?,9-,10?,11-,12?,14+/m1/s1. The van der Waals surface area contributed by atoms with Gasteiger partial charge in [0.1, 0.15) is 11.6 Å². The fourth-order valence-electron chi connectivity index (χ4n) is 4.62. The second kappa shape index (κ2) is 2.85. The zero-order chi connectivity index (χ0) is 11.7. The molecule has 3 aliphatic carbocycles. The summed E-state index contributed by atoms with van der Waals surface area (Å²) in [4.78, 5) is 23.7. The Balaban J connectivity index is 1.92. The first-order valence-electron chi connectivity index (χ1n) is 6.17. The summed E-state index contributed by atoms with van der Waals surface area (Å²) in [6, 6.07) is 0. The maximum Gasteiger partial charge on any atom is 0.143 e. The lowest BCUT2D eigenvalue weighted by molar-refractivity contribution is -0.133. The van der Waals surface area contributed by atoms with Crippen molar-refractivity contribution >= 4 is 11.6 Å². The second-order valence-corrected chi connectivity index (χ2v) is 6.08. The molecule has 3 rings (SSSR count). The van der Waals surface area contributed by atoms with Crippen LogP contribution in [-0.2, 0) is 9.59 Å². The van der Waals surface area contributed by atoms with Crippen molar-refractivity contribution in [3.63, 3.8) is 0 Å². The molecule has 0 amide bonds. The molecule has 86 valence electrons. The minimum absolute atomic E-state index is 0.149. The van der Waals surface area contributed by atoms with E-state index in [1.54, 1.807) is 6.92 Å². The summed E-state index contributed by atoms with van der Waals surface area (Å²) in [5.74, 6) is 2.92. The Morgan fingerprint density at radius 1 is 1.56 bits per heavy atom. The van der Waals surface area contributed by atoms with E-state index in [0.717, 1.165) is 6.42 Å². The third-order valence-corrected chi connectivity index (χ3v) is 5.22. The van der Waals surface area contributed by atoms with Gasteiger partial charge < -0.3 is 0 Å². The van der Waals surface area contributed by atoms with Gasteiger partial charge in [0, 0.05) is 17.8 Å². The molecule has 0 aromatic rings. The summed E-state index contributed by atoms with van der Waals surface area (Å²) in [6.07, 6.45) is 3.54. The molecule has 0 aromatic carbocycles. The quantitative estimate of drug-likeness (QED) is 0.681. The number of carbonyl (C=O) groups is 2. The molecule has 2 nitrogen and oxygen atoms in total. The summed E-state index contributed by atoms with van der Waals surface area (Å²) in [7, 11) is 0. The minimum Gasteiger partial charge on any atom is -0.300 e. The van der Waals surface area contributed by atoms with Gasteiger partial charge in [0.25, 0.3) is 0 Å². The van der Waals surface area contributed by atoms with E-state index in [4.69, 9.17) is 0 Å². The highest BCUT2D eigenvalue weighted by Crippen LogP contribution is 2.74. The van der Waals surface area contributed by atoms with Gasteiger partial charge in [0.05, 0.1) is 0 Å².